The maximum Gasteiger partial charge on any atom is 0.268 e. The molecule has 0 aliphatic heterocycles. The Morgan fingerprint density at radius 2 is 0.875 bits per heavy atom. The number of amides is 1. The summed E-state index contributed by atoms with van der Waals surface area (Å²) < 4.78 is 23.3. The van der Waals surface area contributed by atoms with Crippen LogP contribution in [-0.2, 0) is 18.4 Å². The number of quaternary nitrogens is 1. The first kappa shape index (κ1) is 62.5. The molecule has 0 aliphatic carbocycles. The molecule has 8 nitrogen and oxygen atoms in total. The zero-order valence-electron chi connectivity index (χ0n) is 42.7. The van der Waals surface area contributed by atoms with Crippen LogP contribution in [0.5, 0.6) is 0 Å². The third kappa shape index (κ3) is 48.4. The minimum Gasteiger partial charge on any atom is -0.756 e. The maximum absolute atomic E-state index is 12.9. The molecule has 0 aromatic carbocycles. The number of unbranched alkanes of at least 4 members (excludes halogenated alkanes) is 30. The van der Waals surface area contributed by atoms with Crippen LogP contribution < -0.4 is 10.2 Å². The fraction of sp³-hybridized carbons (Fsp3) is 0.836. The first-order valence-electron chi connectivity index (χ1n) is 27.0. The molecule has 0 saturated heterocycles. The number of phosphoric acid groups is 1. The number of phosphoric ester groups is 1. The van der Waals surface area contributed by atoms with Gasteiger partial charge in [-0.3, -0.25) is 9.36 Å². The summed E-state index contributed by atoms with van der Waals surface area (Å²) in [7, 11) is 1.24. The minimum absolute atomic E-state index is 0.00984. The van der Waals surface area contributed by atoms with Crippen molar-refractivity contribution in [3.8, 4) is 0 Å². The van der Waals surface area contributed by atoms with Gasteiger partial charge in [-0.2, -0.15) is 0 Å². The van der Waals surface area contributed by atoms with E-state index < -0.39 is 26.6 Å². The number of hydrogen-bond donors (Lipinski definition) is 2. The van der Waals surface area contributed by atoms with Crippen molar-refractivity contribution in [1.29, 1.82) is 0 Å². The Morgan fingerprint density at radius 1 is 0.531 bits per heavy atom. The first-order valence-corrected chi connectivity index (χ1v) is 28.5. The standard InChI is InChI=1S/C55H105N2O6P/c1-6-8-10-12-14-16-18-20-22-24-26-28-30-32-34-36-38-40-42-44-46-48-54(58)53(52-63-64(60,61)62-51-50-57(3,4)5)56-55(59)49-47-45-43-41-39-37-35-33-31-29-27-25-23-21-19-17-15-13-11-9-7-2/h25,27,30,32,38,40,46,48,53-54,58H,6-24,26,28-29,31,33-37,39,41-45,47,49-52H2,1-5H3,(H-,56,59,60,61)/b27-25-,32-30+,40-38+,48-46+. The van der Waals surface area contributed by atoms with E-state index in [4.69, 9.17) is 9.05 Å². The van der Waals surface area contributed by atoms with Gasteiger partial charge in [-0.25, -0.2) is 0 Å². The number of hydrogen-bond acceptors (Lipinski definition) is 6. The highest BCUT2D eigenvalue weighted by Gasteiger charge is 2.23. The summed E-state index contributed by atoms with van der Waals surface area (Å²) in [4.78, 5) is 25.4. The number of nitrogens with one attached hydrogen (secondary N) is 1. The van der Waals surface area contributed by atoms with E-state index in [1.54, 1.807) is 6.08 Å². The molecule has 376 valence electrons. The molecule has 0 saturated carbocycles. The Bertz CT molecular complexity index is 1180. The zero-order chi connectivity index (χ0) is 47.1. The van der Waals surface area contributed by atoms with Gasteiger partial charge < -0.3 is 28.8 Å². The fourth-order valence-corrected chi connectivity index (χ4v) is 8.43. The molecule has 0 radical (unpaired) electrons. The molecule has 3 unspecified atom stereocenters. The largest absolute Gasteiger partial charge is 0.756 e. The van der Waals surface area contributed by atoms with Crippen LogP contribution in [0.15, 0.2) is 48.6 Å². The highest BCUT2D eigenvalue weighted by Crippen LogP contribution is 2.38. The summed E-state index contributed by atoms with van der Waals surface area (Å²) in [5.41, 5.74) is 0. The van der Waals surface area contributed by atoms with Gasteiger partial charge in [0.2, 0.25) is 5.91 Å². The molecule has 0 aliphatic rings. The van der Waals surface area contributed by atoms with Crippen LogP contribution in [0.1, 0.15) is 245 Å². The third-order valence-corrected chi connectivity index (χ3v) is 13.0. The van der Waals surface area contributed by atoms with Gasteiger partial charge in [-0.05, 0) is 70.6 Å². The first-order chi connectivity index (χ1) is 31.0. The molecule has 0 bridgehead atoms. The van der Waals surface area contributed by atoms with Gasteiger partial charge in [0.05, 0.1) is 39.9 Å². The van der Waals surface area contributed by atoms with Gasteiger partial charge >= 0.3 is 0 Å². The van der Waals surface area contributed by atoms with Crippen molar-refractivity contribution in [3.63, 3.8) is 0 Å². The number of aliphatic hydroxyl groups is 1. The van der Waals surface area contributed by atoms with E-state index in [9.17, 15) is 19.4 Å². The van der Waals surface area contributed by atoms with Gasteiger partial charge in [0.25, 0.3) is 7.82 Å². The van der Waals surface area contributed by atoms with E-state index in [0.717, 1.165) is 44.9 Å². The number of likely N-dealkylation sites (N-methyl/N-ethyl adjacent to an activating group) is 1. The lowest BCUT2D eigenvalue weighted by Gasteiger charge is -2.29. The van der Waals surface area contributed by atoms with Crippen LogP contribution >= 0.6 is 7.82 Å². The number of rotatable bonds is 49. The van der Waals surface area contributed by atoms with Crippen LogP contribution in [0.4, 0.5) is 0 Å². The van der Waals surface area contributed by atoms with Gasteiger partial charge in [0.1, 0.15) is 13.2 Å². The van der Waals surface area contributed by atoms with Crippen LogP contribution in [0.2, 0.25) is 0 Å². The Hall–Kier alpha value is -1.54. The highest BCUT2D eigenvalue weighted by molar-refractivity contribution is 7.45. The molecule has 9 heteroatoms. The summed E-state index contributed by atoms with van der Waals surface area (Å²) in [6, 6.07) is -0.911. The molecule has 0 rings (SSSR count). The lowest BCUT2D eigenvalue weighted by Crippen LogP contribution is -2.45. The van der Waals surface area contributed by atoms with Crippen molar-refractivity contribution >= 4 is 13.7 Å². The number of allylic oxidation sites excluding steroid dienone is 7. The average molecular weight is 921 g/mol. The molecule has 0 heterocycles. The normalized spacial score (nSPS) is 14.4. The minimum atomic E-state index is -4.61. The maximum atomic E-state index is 12.9. The Kier molecular flexibility index (Phi) is 45.4. The molecule has 2 N–H and O–H groups in total. The van der Waals surface area contributed by atoms with Crippen molar-refractivity contribution in [2.24, 2.45) is 0 Å². The van der Waals surface area contributed by atoms with Crippen LogP contribution in [0, 0.1) is 0 Å². The Morgan fingerprint density at radius 3 is 1.27 bits per heavy atom. The Balaban J connectivity index is 4.35. The molecule has 64 heavy (non-hydrogen) atoms. The molecule has 0 spiro atoms. The molecule has 0 fully saturated rings. The third-order valence-electron chi connectivity index (χ3n) is 12.0. The summed E-state index contributed by atoms with van der Waals surface area (Å²) in [5, 5.41) is 13.8. The van der Waals surface area contributed by atoms with E-state index in [2.05, 4.69) is 55.6 Å². The lowest BCUT2D eigenvalue weighted by atomic mass is 10.0. The molecular formula is C55H105N2O6P. The molecular weight excluding hydrogens is 816 g/mol. The fourth-order valence-electron chi connectivity index (χ4n) is 7.71. The van der Waals surface area contributed by atoms with Crippen LogP contribution in [-0.4, -0.2) is 68.5 Å². The highest BCUT2D eigenvalue weighted by atomic mass is 31.2. The van der Waals surface area contributed by atoms with Gasteiger partial charge in [-0.15, -0.1) is 0 Å². The quantitative estimate of drug-likeness (QED) is 0.0272. The second-order valence-corrected chi connectivity index (χ2v) is 21.0. The van der Waals surface area contributed by atoms with E-state index in [1.807, 2.05) is 27.2 Å². The SMILES string of the molecule is CCCCCCCCCC/C=C\CCCCCCCCCCCC(=O)NC(COP(=O)([O-])OCC[N+](C)(C)C)C(O)/C=C/CC/C=C/CC/C=C/CCCCCCCCCCCCC. The zero-order valence-corrected chi connectivity index (χ0v) is 43.6. The average Bonchev–Trinajstić information content (AvgIpc) is 3.25. The number of carbonyl (C=O) groups excluding carboxylic acids is 1. The summed E-state index contributed by atoms with van der Waals surface area (Å²) in [6.07, 6.45) is 60.3. The number of carbonyl (C=O) groups is 1. The summed E-state index contributed by atoms with van der Waals surface area (Å²) in [6.45, 7) is 4.63. The van der Waals surface area contributed by atoms with Gasteiger partial charge in [-0.1, -0.05) is 217 Å². The predicted octanol–water partition coefficient (Wildman–Crippen LogP) is 15.3. The predicted molar refractivity (Wildman–Crippen MR) is 274 cm³/mol. The van der Waals surface area contributed by atoms with E-state index in [-0.39, 0.29) is 12.5 Å². The molecule has 1 amide bonds. The van der Waals surface area contributed by atoms with Crippen molar-refractivity contribution in [2.75, 3.05) is 40.9 Å². The van der Waals surface area contributed by atoms with Crippen molar-refractivity contribution in [3.05, 3.63) is 48.6 Å². The van der Waals surface area contributed by atoms with Gasteiger partial charge in [0.15, 0.2) is 0 Å². The summed E-state index contributed by atoms with van der Waals surface area (Å²) in [5.74, 6) is -0.213. The van der Waals surface area contributed by atoms with Crippen LogP contribution in [0.25, 0.3) is 0 Å². The topological polar surface area (TPSA) is 108 Å². The van der Waals surface area contributed by atoms with E-state index in [1.165, 1.54) is 180 Å². The van der Waals surface area contributed by atoms with Crippen molar-refractivity contribution in [1.82, 2.24) is 5.32 Å². The number of nitrogens with zero attached hydrogens (tertiary/aromatic N) is 1. The molecule has 0 aromatic rings. The van der Waals surface area contributed by atoms with Crippen LogP contribution in [0.3, 0.4) is 0 Å². The second kappa shape index (κ2) is 46.6. The molecule has 3 atom stereocenters. The Labute approximate surface area is 397 Å². The second-order valence-electron chi connectivity index (χ2n) is 19.6. The summed E-state index contributed by atoms with van der Waals surface area (Å²) >= 11 is 0. The molecule has 0 aromatic heterocycles. The number of aliphatic hydroxyl groups excluding tert-OH is 1. The van der Waals surface area contributed by atoms with E-state index >= 15 is 0 Å². The monoisotopic (exact) mass is 921 g/mol. The van der Waals surface area contributed by atoms with E-state index in [0.29, 0.717) is 17.4 Å². The lowest BCUT2D eigenvalue weighted by molar-refractivity contribution is -0.870. The van der Waals surface area contributed by atoms with Crippen molar-refractivity contribution < 1.29 is 32.9 Å². The van der Waals surface area contributed by atoms with Gasteiger partial charge in [0, 0.05) is 6.42 Å². The van der Waals surface area contributed by atoms with Crippen molar-refractivity contribution in [2.45, 2.75) is 257 Å². The smallest absolute Gasteiger partial charge is 0.268 e.